The first kappa shape index (κ1) is 23.0. The van der Waals surface area contributed by atoms with Crippen molar-refractivity contribution in [2.45, 2.75) is 25.3 Å². The maximum Gasteiger partial charge on any atom is 0.257 e. The van der Waals surface area contributed by atoms with E-state index in [-0.39, 0.29) is 11.8 Å². The third-order valence-electron chi connectivity index (χ3n) is 7.05. The molecule has 7 heteroatoms. The molecular formula is C30H29N5O2. The van der Waals surface area contributed by atoms with E-state index in [0.717, 1.165) is 53.1 Å². The standard InChI is InChI=1S/C30H29N5O2/c1-37-24-15-13-22(14-16-24)28-25(20-35(33-28)18-21-8-3-2-4-9-21)30(36)34-17-7-10-23(19-34)29-31-26-11-5-6-12-27(26)32-29/h2-6,8-9,11-16,20,23H,7,10,17-19H2,1H3,(H,31,32). The van der Waals surface area contributed by atoms with Crippen LogP contribution in [0.5, 0.6) is 5.75 Å². The summed E-state index contributed by atoms with van der Waals surface area (Å²) in [5.74, 6) is 1.90. The molecule has 0 spiro atoms. The van der Waals surface area contributed by atoms with Crippen LogP contribution in [-0.4, -0.2) is 50.8 Å². The molecule has 3 aromatic carbocycles. The van der Waals surface area contributed by atoms with Gasteiger partial charge in [-0.05, 0) is 54.8 Å². The fraction of sp³-hybridized carbons (Fsp3) is 0.233. The number of fused-ring (bicyclic) bond motifs is 1. The number of nitrogens with zero attached hydrogens (tertiary/aromatic N) is 4. The van der Waals surface area contributed by atoms with Crippen molar-refractivity contribution in [3.8, 4) is 17.0 Å². The third-order valence-corrected chi connectivity index (χ3v) is 7.05. The van der Waals surface area contributed by atoms with Crippen LogP contribution in [0.3, 0.4) is 0 Å². The summed E-state index contributed by atoms with van der Waals surface area (Å²) in [5.41, 5.74) is 5.32. The molecule has 6 rings (SSSR count). The number of benzene rings is 3. The number of hydrogen-bond donors (Lipinski definition) is 1. The summed E-state index contributed by atoms with van der Waals surface area (Å²) in [4.78, 5) is 24.2. The SMILES string of the molecule is COc1ccc(-c2nn(Cc3ccccc3)cc2C(=O)N2CCCC(c3nc4ccccc4[nH]3)C2)cc1. The molecule has 1 unspecified atom stereocenters. The minimum absolute atomic E-state index is 0.00550. The molecule has 5 aromatic rings. The van der Waals surface area contributed by atoms with Crippen LogP contribution >= 0.6 is 0 Å². The summed E-state index contributed by atoms with van der Waals surface area (Å²) in [5, 5.41) is 4.86. The summed E-state index contributed by atoms with van der Waals surface area (Å²) < 4.78 is 7.19. The molecule has 2 aromatic heterocycles. The number of ether oxygens (including phenoxy) is 1. The van der Waals surface area contributed by atoms with Gasteiger partial charge in [0.05, 0.1) is 30.3 Å². The Morgan fingerprint density at radius 1 is 1.03 bits per heavy atom. The summed E-state index contributed by atoms with van der Waals surface area (Å²) in [6.07, 6.45) is 3.82. The Labute approximate surface area is 215 Å². The Morgan fingerprint density at radius 3 is 2.59 bits per heavy atom. The second-order valence-corrected chi connectivity index (χ2v) is 9.53. The maximum absolute atomic E-state index is 13.9. The van der Waals surface area contributed by atoms with E-state index in [1.54, 1.807) is 7.11 Å². The van der Waals surface area contributed by atoms with Crippen LogP contribution in [0.25, 0.3) is 22.3 Å². The average Bonchev–Trinajstić information content (AvgIpc) is 3.58. The van der Waals surface area contributed by atoms with Crippen molar-refractivity contribution in [2.24, 2.45) is 0 Å². The van der Waals surface area contributed by atoms with Gasteiger partial charge in [-0.15, -0.1) is 0 Å². The van der Waals surface area contributed by atoms with Gasteiger partial charge in [0.15, 0.2) is 0 Å². The van der Waals surface area contributed by atoms with Gasteiger partial charge in [-0.2, -0.15) is 5.10 Å². The number of aromatic amines is 1. The number of nitrogens with one attached hydrogen (secondary N) is 1. The van der Waals surface area contributed by atoms with Gasteiger partial charge in [0, 0.05) is 30.8 Å². The Morgan fingerprint density at radius 2 is 1.81 bits per heavy atom. The molecule has 3 heterocycles. The Hall–Kier alpha value is -4.39. The molecule has 0 bridgehead atoms. The van der Waals surface area contributed by atoms with Crippen LogP contribution in [0, 0.1) is 0 Å². The van der Waals surface area contributed by atoms with Gasteiger partial charge >= 0.3 is 0 Å². The van der Waals surface area contributed by atoms with E-state index in [4.69, 9.17) is 14.8 Å². The maximum atomic E-state index is 13.9. The predicted octanol–water partition coefficient (Wildman–Crippen LogP) is 5.50. The third kappa shape index (κ3) is 4.72. The van der Waals surface area contributed by atoms with Crippen molar-refractivity contribution < 1.29 is 9.53 Å². The molecule has 0 saturated carbocycles. The quantitative estimate of drug-likeness (QED) is 0.340. The number of carbonyl (C=O) groups is 1. The molecule has 37 heavy (non-hydrogen) atoms. The van der Waals surface area contributed by atoms with E-state index in [0.29, 0.717) is 24.3 Å². The van der Waals surface area contributed by atoms with Crippen LogP contribution in [0.15, 0.2) is 85.1 Å². The molecule has 1 amide bonds. The van der Waals surface area contributed by atoms with Crippen molar-refractivity contribution in [1.29, 1.82) is 0 Å². The molecule has 1 fully saturated rings. The highest BCUT2D eigenvalue weighted by Gasteiger charge is 2.30. The number of piperidine rings is 1. The van der Waals surface area contributed by atoms with Gasteiger partial charge < -0.3 is 14.6 Å². The van der Waals surface area contributed by atoms with Crippen molar-refractivity contribution in [3.05, 3.63) is 102 Å². The minimum atomic E-state index is 0.00550. The molecule has 1 aliphatic rings. The molecule has 1 N–H and O–H groups in total. The van der Waals surface area contributed by atoms with Crippen molar-refractivity contribution >= 4 is 16.9 Å². The van der Waals surface area contributed by atoms with E-state index in [1.807, 2.05) is 82.5 Å². The number of para-hydroxylation sites is 2. The number of likely N-dealkylation sites (tertiary alicyclic amines) is 1. The first-order valence-corrected chi connectivity index (χ1v) is 12.7. The second-order valence-electron chi connectivity index (χ2n) is 9.53. The predicted molar refractivity (Wildman–Crippen MR) is 144 cm³/mol. The van der Waals surface area contributed by atoms with E-state index < -0.39 is 0 Å². The minimum Gasteiger partial charge on any atom is -0.497 e. The molecule has 1 aliphatic heterocycles. The highest BCUT2D eigenvalue weighted by atomic mass is 16.5. The molecule has 0 radical (unpaired) electrons. The van der Waals surface area contributed by atoms with Crippen LogP contribution in [0.2, 0.25) is 0 Å². The first-order chi connectivity index (χ1) is 18.2. The summed E-state index contributed by atoms with van der Waals surface area (Å²) >= 11 is 0. The lowest BCUT2D eigenvalue weighted by Gasteiger charge is -2.31. The highest BCUT2D eigenvalue weighted by Crippen LogP contribution is 2.30. The fourth-order valence-electron chi connectivity index (χ4n) is 5.11. The molecule has 186 valence electrons. The van der Waals surface area contributed by atoms with Crippen LogP contribution in [0.4, 0.5) is 0 Å². The van der Waals surface area contributed by atoms with Gasteiger partial charge in [0.25, 0.3) is 5.91 Å². The number of rotatable bonds is 6. The molecular weight excluding hydrogens is 462 g/mol. The van der Waals surface area contributed by atoms with Gasteiger partial charge in [-0.3, -0.25) is 9.48 Å². The van der Waals surface area contributed by atoms with E-state index in [1.165, 1.54) is 0 Å². The average molecular weight is 492 g/mol. The van der Waals surface area contributed by atoms with E-state index in [9.17, 15) is 4.79 Å². The Kier molecular flexibility index (Phi) is 6.18. The number of aromatic nitrogens is 4. The highest BCUT2D eigenvalue weighted by molar-refractivity contribution is 6.00. The number of hydrogen-bond acceptors (Lipinski definition) is 4. The smallest absolute Gasteiger partial charge is 0.257 e. The normalized spacial score (nSPS) is 15.7. The lowest BCUT2D eigenvalue weighted by atomic mass is 9.96. The number of H-pyrrole nitrogens is 1. The van der Waals surface area contributed by atoms with Crippen molar-refractivity contribution in [2.75, 3.05) is 20.2 Å². The zero-order valence-corrected chi connectivity index (χ0v) is 20.8. The largest absolute Gasteiger partial charge is 0.497 e. The van der Waals surface area contributed by atoms with Crippen LogP contribution < -0.4 is 4.74 Å². The summed E-state index contributed by atoms with van der Waals surface area (Å²) in [6, 6.07) is 25.9. The fourth-order valence-corrected chi connectivity index (χ4v) is 5.11. The topological polar surface area (TPSA) is 76.0 Å². The van der Waals surface area contributed by atoms with Gasteiger partial charge in [0.2, 0.25) is 0 Å². The van der Waals surface area contributed by atoms with Crippen LogP contribution in [-0.2, 0) is 6.54 Å². The molecule has 1 atom stereocenters. The van der Waals surface area contributed by atoms with E-state index >= 15 is 0 Å². The number of carbonyl (C=O) groups excluding carboxylic acids is 1. The molecule has 1 saturated heterocycles. The van der Waals surface area contributed by atoms with Crippen LogP contribution in [0.1, 0.15) is 40.5 Å². The van der Waals surface area contributed by atoms with Gasteiger partial charge in [0.1, 0.15) is 17.3 Å². The number of methoxy groups -OCH3 is 1. The molecule has 7 nitrogen and oxygen atoms in total. The second kappa shape index (κ2) is 9.93. The monoisotopic (exact) mass is 491 g/mol. The zero-order valence-electron chi connectivity index (χ0n) is 20.8. The lowest BCUT2D eigenvalue weighted by molar-refractivity contribution is 0.0705. The Balaban J connectivity index is 1.30. The van der Waals surface area contributed by atoms with E-state index in [2.05, 4.69) is 17.1 Å². The number of imidazole rings is 1. The Bertz CT molecular complexity index is 1490. The molecule has 0 aliphatic carbocycles. The van der Waals surface area contributed by atoms with Gasteiger partial charge in [-0.1, -0.05) is 42.5 Å². The summed E-state index contributed by atoms with van der Waals surface area (Å²) in [6.45, 7) is 1.95. The zero-order chi connectivity index (χ0) is 25.2. The van der Waals surface area contributed by atoms with Crippen molar-refractivity contribution in [3.63, 3.8) is 0 Å². The number of amides is 1. The van der Waals surface area contributed by atoms with Crippen molar-refractivity contribution in [1.82, 2.24) is 24.6 Å². The first-order valence-electron chi connectivity index (χ1n) is 12.7. The summed E-state index contributed by atoms with van der Waals surface area (Å²) in [7, 11) is 1.65. The van der Waals surface area contributed by atoms with Gasteiger partial charge in [-0.25, -0.2) is 4.98 Å². The lowest BCUT2D eigenvalue weighted by Crippen LogP contribution is -2.39.